The van der Waals surface area contributed by atoms with Gasteiger partial charge in [0.25, 0.3) is 0 Å². The monoisotopic (exact) mass is 242 g/mol. The van der Waals surface area contributed by atoms with E-state index >= 15 is 0 Å². The topological polar surface area (TPSA) is 51.7 Å². The van der Waals surface area contributed by atoms with Crippen LogP contribution in [-0.2, 0) is 9.47 Å². The van der Waals surface area contributed by atoms with Crippen LogP contribution in [0.25, 0.3) is 0 Å². The Balaban J connectivity index is 2.27. The SMILES string of the molecule is COC(=O)c1nc(C)sc1N1CCOCC1. The molecule has 6 heteroatoms. The molecule has 1 aliphatic heterocycles. The van der Waals surface area contributed by atoms with Gasteiger partial charge in [-0.2, -0.15) is 0 Å². The van der Waals surface area contributed by atoms with Crippen LogP contribution < -0.4 is 4.90 Å². The molecule has 88 valence electrons. The van der Waals surface area contributed by atoms with Crippen molar-refractivity contribution in [3.05, 3.63) is 10.7 Å². The van der Waals surface area contributed by atoms with E-state index in [1.807, 2.05) is 6.92 Å². The Bertz CT molecular complexity index is 385. The van der Waals surface area contributed by atoms with E-state index in [0.717, 1.165) is 23.1 Å². The third-order valence-corrected chi connectivity index (χ3v) is 3.42. The summed E-state index contributed by atoms with van der Waals surface area (Å²) in [5.41, 5.74) is 0.423. The summed E-state index contributed by atoms with van der Waals surface area (Å²) in [6.45, 7) is 4.87. The molecule has 16 heavy (non-hydrogen) atoms. The van der Waals surface area contributed by atoms with Crippen LogP contribution in [0.4, 0.5) is 5.00 Å². The van der Waals surface area contributed by atoms with E-state index in [-0.39, 0.29) is 5.97 Å². The number of nitrogens with zero attached hydrogens (tertiary/aromatic N) is 2. The molecule has 0 saturated carbocycles. The smallest absolute Gasteiger partial charge is 0.359 e. The lowest BCUT2D eigenvalue weighted by Gasteiger charge is -2.27. The highest BCUT2D eigenvalue weighted by molar-refractivity contribution is 7.16. The minimum Gasteiger partial charge on any atom is -0.464 e. The van der Waals surface area contributed by atoms with Crippen LogP contribution in [0.3, 0.4) is 0 Å². The molecule has 0 radical (unpaired) electrons. The fraction of sp³-hybridized carbons (Fsp3) is 0.600. The van der Waals surface area contributed by atoms with E-state index in [1.54, 1.807) is 0 Å². The number of hydrogen-bond acceptors (Lipinski definition) is 6. The molecule has 0 bridgehead atoms. The number of hydrogen-bond donors (Lipinski definition) is 0. The standard InChI is InChI=1S/C10H14N2O3S/c1-7-11-8(10(13)14-2)9(16-7)12-3-5-15-6-4-12/h3-6H2,1-2H3. The molecular weight excluding hydrogens is 228 g/mol. The summed E-state index contributed by atoms with van der Waals surface area (Å²) in [5.74, 6) is -0.370. The first kappa shape index (κ1) is 11.3. The van der Waals surface area contributed by atoms with Gasteiger partial charge in [-0.05, 0) is 6.92 Å². The van der Waals surface area contributed by atoms with Crippen molar-refractivity contribution in [1.29, 1.82) is 0 Å². The van der Waals surface area contributed by atoms with Crippen molar-refractivity contribution in [1.82, 2.24) is 4.98 Å². The highest BCUT2D eigenvalue weighted by Crippen LogP contribution is 2.29. The van der Waals surface area contributed by atoms with Gasteiger partial charge in [0.2, 0.25) is 0 Å². The quantitative estimate of drug-likeness (QED) is 0.726. The molecule has 0 aliphatic carbocycles. The first-order chi connectivity index (χ1) is 7.72. The molecule has 5 nitrogen and oxygen atoms in total. The Morgan fingerprint density at radius 2 is 2.19 bits per heavy atom. The molecule has 1 saturated heterocycles. The van der Waals surface area contributed by atoms with E-state index in [4.69, 9.17) is 9.47 Å². The maximum atomic E-state index is 11.6. The fourth-order valence-electron chi connectivity index (χ4n) is 1.63. The molecular formula is C10H14N2O3S. The lowest BCUT2D eigenvalue weighted by molar-refractivity contribution is 0.0594. The number of morpholine rings is 1. The maximum absolute atomic E-state index is 11.6. The van der Waals surface area contributed by atoms with E-state index < -0.39 is 0 Å². The summed E-state index contributed by atoms with van der Waals surface area (Å²) in [4.78, 5) is 17.9. The highest BCUT2D eigenvalue weighted by atomic mass is 32.1. The second kappa shape index (κ2) is 4.80. The second-order valence-electron chi connectivity index (χ2n) is 3.48. The largest absolute Gasteiger partial charge is 0.464 e. The summed E-state index contributed by atoms with van der Waals surface area (Å²) in [5, 5.41) is 1.77. The lowest BCUT2D eigenvalue weighted by atomic mass is 10.4. The summed E-state index contributed by atoms with van der Waals surface area (Å²) in [7, 11) is 1.38. The van der Waals surface area contributed by atoms with Crippen LogP contribution in [-0.4, -0.2) is 44.4 Å². The number of aromatic nitrogens is 1. The minimum absolute atomic E-state index is 0.370. The van der Waals surface area contributed by atoms with Crippen molar-refractivity contribution in [2.24, 2.45) is 0 Å². The zero-order valence-electron chi connectivity index (χ0n) is 9.36. The van der Waals surface area contributed by atoms with Crippen LogP contribution in [0.2, 0.25) is 0 Å². The first-order valence-electron chi connectivity index (χ1n) is 5.11. The molecule has 0 atom stereocenters. The Morgan fingerprint density at radius 3 is 2.81 bits per heavy atom. The Morgan fingerprint density at radius 1 is 1.50 bits per heavy atom. The summed E-state index contributed by atoms with van der Waals surface area (Å²) < 4.78 is 10.0. The maximum Gasteiger partial charge on any atom is 0.359 e. The van der Waals surface area contributed by atoms with Crippen LogP contribution in [0.1, 0.15) is 15.5 Å². The lowest BCUT2D eigenvalue weighted by Crippen LogP contribution is -2.36. The van der Waals surface area contributed by atoms with Crippen LogP contribution >= 0.6 is 11.3 Å². The van der Waals surface area contributed by atoms with Gasteiger partial charge in [-0.3, -0.25) is 0 Å². The summed E-state index contributed by atoms with van der Waals surface area (Å²) in [6.07, 6.45) is 0. The van der Waals surface area contributed by atoms with Crippen molar-refractivity contribution < 1.29 is 14.3 Å². The van der Waals surface area contributed by atoms with Gasteiger partial charge in [0.1, 0.15) is 5.00 Å². The third kappa shape index (κ3) is 2.17. The van der Waals surface area contributed by atoms with Gasteiger partial charge in [0.15, 0.2) is 5.69 Å². The predicted octanol–water partition coefficient (Wildman–Crippen LogP) is 1.07. The first-order valence-corrected chi connectivity index (χ1v) is 5.92. The van der Waals surface area contributed by atoms with E-state index in [0.29, 0.717) is 18.9 Å². The number of carbonyl (C=O) groups excluding carboxylic acids is 1. The van der Waals surface area contributed by atoms with Gasteiger partial charge < -0.3 is 14.4 Å². The van der Waals surface area contributed by atoms with Crippen molar-refractivity contribution in [2.45, 2.75) is 6.92 Å². The van der Waals surface area contributed by atoms with Crippen LogP contribution in [0, 0.1) is 6.92 Å². The average molecular weight is 242 g/mol. The van der Waals surface area contributed by atoms with E-state index in [9.17, 15) is 4.79 Å². The number of ether oxygens (including phenoxy) is 2. The second-order valence-corrected chi connectivity index (χ2v) is 4.66. The molecule has 1 aromatic heterocycles. The molecule has 0 N–H and O–H groups in total. The zero-order valence-corrected chi connectivity index (χ0v) is 10.2. The minimum atomic E-state index is -0.370. The summed E-state index contributed by atoms with van der Waals surface area (Å²) >= 11 is 1.52. The van der Waals surface area contributed by atoms with Crippen molar-refractivity contribution in [2.75, 3.05) is 38.3 Å². The Kier molecular flexibility index (Phi) is 3.40. The van der Waals surface area contributed by atoms with E-state index in [1.165, 1.54) is 18.4 Å². The fourth-order valence-corrected chi connectivity index (χ4v) is 2.58. The van der Waals surface area contributed by atoms with Crippen molar-refractivity contribution in [3.63, 3.8) is 0 Å². The Labute approximate surface area is 98.0 Å². The molecule has 2 heterocycles. The molecule has 1 aromatic rings. The van der Waals surface area contributed by atoms with Gasteiger partial charge >= 0.3 is 5.97 Å². The molecule has 0 unspecified atom stereocenters. The van der Waals surface area contributed by atoms with Crippen molar-refractivity contribution in [3.8, 4) is 0 Å². The Hall–Kier alpha value is -1.14. The van der Waals surface area contributed by atoms with Gasteiger partial charge in [-0.1, -0.05) is 0 Å². The van der Waals surface area contributed by atoms with Crippen molar-refractivity contribution >= 4 is 22.3 Å². The number of rotatable bonds is 2. The molecule has 0 amide bonds. The number of carbonyl (C=O) groups is 1. The number of thiazole rings is 1. The third-order valence-electron chi connectivity index (χ3n) is 2.39. The van der Waals surface area contributed by atoms with Crippen LogP contribution in [0.5, 0.6) is 0 Å². The predicted molar refractivity (Wildman–Crippen MR) is 61.2 cm³/mol. The molecule has 1 aliphatic rings. The number of methoxy groups -OCH3 is 1. The normalized spacial score (nSPS) is 16.2. The molecule has 2 rings (SSSR count). The van der Waals surface area contributed by atoms with Gasteiger partial charge in [-0.15, -0.1) is 11.3 Å². The number of anilines is 1. The number of esters is 1. The molecule has 0 aromatic carbocycles. The molecule has 1 fully saturated rings. The van der Waals surface area contributed by atoms with Gasteiger partial charge in [-0.25, -0.2) is 9.78 Å². The molecule has 0 spiro atoms. The van der Waals surface area contributed by atoms with Gasteiger partial charge in [0.05, 0.1) is 25.3 Å². The highest BCUT2D eigenvalue weighted by Gasteiger charge is 2.23. The number of aryl methyl sites for hydroxylation is 1. The zero-order chi connectivity index (χ0) is 11.5. The van der Waals surface area contributed by atoms with Crippen LogP contribution in [0.15, 0.2) is 0 Å². The average Bonchev–Trinajstić information content (AvgIpc) is 2.71. The van der Waals surface area contributed by atoms with E-state index in [2.05, 4.69) is 9.88 Å². The summed E-state index contributed by atoms with van der Waals surface area (Å²) in [6, 6.07) is 0. The van der Waals surface area contributed by atoms with Gasteiger partial charge in [0, 0.05) is 13.1 Å².